The van der Waals surface area contributed by atoms with E-state index in [1.54, 1.807) is 24.4 Å². The van der Waals surface area contributed by atoms with Crippen LogP contribution in [0.25, 0.3) is 16.8 Å². The quantitative estimate of drug-likeness (QED) is 0.813. The number of carboxylic acids is 1. The molecule has 0 amide bonds. The van der Waals surface area contributed by atoms with Crippen LogP contribution in [0.3, 0.4) is 0 Å². The first-order valence-electron chi connectivity index (χ1n) is 7.34. The lowest BCUT2D eigenvalue weighted by Gasteiger charge is -2.13. The molecule has 1 aliphatic heterocycles. The number of hydrogen-bond donors (Lipinski definition) is 3. The molecular weight excluding hydrogens is 297 g/mol. The van der Waals surface area contributed by atoms with Crippen molar-refractivity contribution in [1.29, 1.82) is 0 Å². The van der Waals surface area contributed by atoms with Gasteiger partial charge in [-0.3, -0.25) is 5.10 Å². The molecule has 2 aromatic rings. The van der Waals surface area contributed by atoms with E-state index in [4.69, 9.17) is 5.11 Å². The lowest BCUT2D eigenvalue weighted by Crippen LogP contribution is -2.23. The van der Waals surface area contributed by atoms with Crippen LogP contribution in [-0.4, -0.2) is 27.8 Å². The third-order valence-electron chi connectivity index (χ3n) is 3.23. The Kier molecular flexibility index (Phi) is 5.30. The largest absolute Gasteiger partial charge is 0.477 e. The number of allylic oxidation sites excluding steroid dienone is 2. The van der Waals surface area contributed by atoms with Crippen molar-refractivity contribution in [2.24, 2.45) is 0 Å². The van der Waals surface area contributed by atoms with Crippen LogP contribution < -0.4 is 5.32 Å². The molecule has 1 aromatic heterocycles. The summed E-state index contributed by atoms with van der Waals surface area (Å²) in [5, 5.41) is 18.7. The van der Waals surface area contributed by atoms with E-state index in [1.165, 1.54) is 12.1 Å². The predicted octanol–water partition coefficient (Wildman–Crippen LogP) is 3.20. The predicted molar refractivity (Wildman–Crippen MR) is 87.0 cm³/mol. The molecule has 1 aliphatic rings. The fraction of sp³-hybridized carbons (Fsp3) is 0.176. The summed E-state index contributed by atoms with van der Waals surface area (Å²) in [4.78, 5) is 11.0. The summed E-state index contributed by atoms with van der Waals surface area (Å²) in [5.41, 5.74) is 3.19. The lowest BCUT2D eigenvalue weighted by molar-refractivity contribution is -0.133. The van der Waals surface area contributed by atoms with Crippen LogP contribution in [0.15, 0.2) is 48.3 Å². The number of nitrogens with zero attached hydrogens (tertiary/aromatic N) is 1. The molecule has 6 heteroatoms. The van der Waals surface area contributed by atoms with Crippen LogP contribution in [0.1, 0.15) is 19.4 Å². The molecule has 120 valence electrons. The van der Waals surface area contributed by atoms with Crippen LogP contribution in [0.4, 0.5) is 4.39 Å². The molecule has 23 heavy (non-hydrogen) atoms. The minimum Gasteiger partial charge on any atom is -0.477 e. The van der Waals surface area contributed by atoms with E-state index in [1.807, 2.05) is 19.9 Å². The molecule has 1 aromatic carbocycles. The zero-order chi connectivity index (χ0) is 16.8. The monoisotopic (exact) mass is 315 g/mol. The van der Waals surface area contributed by atoms with Crippen LogP contribution >= 0.6 is 0 Å². The standard InChI is InChI=1S/C15H12FN3O2.C2H6/c16-11-3-1-9(2-4-11)14-12(8-18-19-14)10-5-6-17-13(7-10)15(20)21;1-2/h1-5,7-8,17H,6H2,(H,18,19)(H,20,21);1-2H3. The second kappa shape index (κ2) is 7.40. The van der Waals surface area contributed by atoms with Crippen molar-refractivity contribution >= 4 is 11.5 Å². The molecule has 0 aliphatic carbocycles. The van der Waals surface area contributed by atoms with Gasteiger partial charge in [-0.1, -0.05) is 19.9 Å². The molecule has 5 nitrogen and oxygen atoms in total. The van der Waals surface area contributed by atoms with Crippen LogP contribution in [0, 0.1) is 5.82 Å². The number of carboxylic acid groups (broad SMARTS) is 1. The molecule has 3 rings (SSSR count). The Morgan fingerprint density at radius 2 is 1.96 bits per heavy atom. The number of aromatic amines is 1. The Labute approximate surface area is 133 Å². The number of benzene rings is 1. The maximum atomic E-state index is 13.0. The molecule has 0 atom stereocenters. The van der Waals surface area contributed by atoms with Crippen molar-refractivity contribution in [1.82, 2.24) is 15.5 Å². The summed E-state index contributed by atoms with van der Waals surface area (Å²) in [6.45, 7) is 4.43. The van der Waals surface area contributed by atoms with E-state index in [2.05, 4.69) is 15.5 Å². The van der Waals surface area contributed by atoms with Gasteiger partial charge in [0.15, 0.2) is 0 Å². The number of aromatic nitrogens is 2. The average Bonchev–Trinajstić information content (AvgIpc) is 3.07. The number of H-pyrrole nitrogens is 1. The Morgan fingerprint density at radius 3 is 2.61 bits per heavy atom. The van der Waals surface area contributed by atoms with Crippen molar-refractivity contribution in [3.05, 3.63) is 59.7 Å². The summed E-state index contributed by atoms with van der Waals surface area (Å²) in [6, 6.07) is 6.04. The fourth-order valence-corrected chi connectivity index (χ4v) is 2.20. The molecule has 0 unspecified atom stereocenters. The highest BCUT2D eigenvalue weighted by atomic mass is 19.1. The van der Waals surface area contributed by atoms with Gasteiger partial charge in [0.1, 0.15) is 11.5 Å². The highest BCUT2D eigenvalue weighted by molar-refractivity contribution is 5.93. The van der Waals surface area contributed by atoms with E-state index in [0.717, 1.165) is 22.4 Å². The summed E-state index contributed by atoms with van der Waals surface area (Å²) in [5.74, 6) is -1.32. The average molecular weight is 315 g/mol. The summed E-state index contributed by atoms with van der Waals surface area (Å²) >= 11 is 0. The maximum Gasteiger partial charge on any atom is 0.351 e. The molecule has 0 bridgehead atoms. The third-order valence-corrected chi connectivity index (χ3v) is 3.23. The van der Waals surface area contributed by atoms with Crippen molar-refractivity contribution in [2.45, 2.75) is 13.8 Å². The SMILES string of the molecule is CC.O=C(O)C1=CC(c2cn[nH]c2-c2ccc(F)cc2)=CCN1. The van der Waals surface area contributed by atoms with Crippen molar-refractivity contribution < 1.29 is 14.3 Å². The van der Waals surface area contributed by atoms with Gasteiger partial charge in [0.05, 0.1) is 11.9 Å². The molecule has 0 spiro atoms. The van der Waals surface area contributed by atoms with E-state index >= 15 is 0 Å². The van der Waals surface area contributed by atoms with Crippen LogP contribution in [0.5, 0.6) is 0 Å². The summed E-state index contributed by atoms with van der Waals surface area (Å²) < 4.78 is 13.0. The van der Waals surface area contributed by atoms with Crippen molar-refractivity contribution in [3.63, 3.8) is 0 Å². The van der Waals surface area contributed by atoms with Crippen molar-refractivity contribution in [3.8, 4) is 11.3 Å². The molecule has 2 heterocycles. The first-order chi connectivity index (χ1) is 11.1. The van der Waals surface area contributed by atoms with Gasteiger partial charge in [-0.15, -0.1) is 0 Å². The number of hydrogen-bond acceptors (Lipinski definition) is 3. The third kappa shape index (κ3) is 3.66. The second-order valence-corrected chi connectivity index (χ2v) is 4.57. The minimum absolute atomic E-state index is 0.138. The first-order valence-corrected chi connectivity index (χ1v) is 7.34. The molecule has 0 radical (unpaired) electrons. The number of nitrogens with one attached hydrogen (secondary N) is 2. The number of carbonyl (C=O) groups is 1. The second-order valence-electron chi connectivity index (χ2n) is 4.57. The van der Waals surface area contributed by atoms with E-state index in [9.17, 15) is 9.18 Å². The molecule has 0 saturated carbocycles. The van der Waals surface area contributed by atoms with Gasteiger partial charge in [0.25, 0.3) is 0 Å². The number of halogens is 1. The van der Waals surface area contributed by atoms with Gasteiger partial charge < -0.3 is 10.4 Å². The smallest absolute Gasteiger partial charge is 0.351 e. The fourth-order valence-electron chi connectivity index (χ4n) is 2.20. The molecule has 0 saturated heterocycles. The Morgan fingerprint density at radius 1 is 1.26 bits per heavy atom. The Hall–Kier alpha value is -2.89. The highest BCUT2D eigenvalue weighted by Crippen LogP contribution is 2.29. The maximum absolute atomic E-state index is 13.0. The van der Waals surface area contributed by atoms with Gasteiger partial charge in [0.2, 0.25) is 0 Å². The molecular formula is C17H18FN3O2. The molecule has 3 N–H and O–H groups in total. The Bertz CT molecular complexity index is 745. The molecule has 0 fully saturated rings. The van der Waals surface area contributed by atoms with E-state index in [-0.39, 0.29) is 11.5 Å². The summed E-state index contributed by atoms with van der Waals surface area (Å²) in [7, 11) is 0. The van der Waals surface area contributed by atoms with Gasteiger partial charge >= 0.3 is 5.97 Å². The first kappa shape index (κ1) is 16.5. The summed E-state index contributed by atoms with van der Waals surface area (Å²) in [6.07, 6.45) is 5.07. The van der Waals surface area contributed by atoms with Gasteiger partial charge in [-0.05, 0) is 35.9 Å². The zero-order valence-corrected chi connectivity index (χ0v) is 12.9. The van der Waals surface area contributed by atoms with E-state index < -0.39 is 5.97 Å². The van der Waals surface area contributed by atoms with Gasteiger partial charge in [0, 0.05) is 17.7 Å². The zero-order valence-electron chi connectivity index (χ0n) is 12.9. The minimum atomic E-state index is -1.01. The normalized spacial score (nSPS) is 13.2. The number of rotatable bonds is 3. The van der Waals surface area contributed by atoms with E-state index in [0.29, 0.717) is 6.54 Å². The number of aliphatic carboxylic acids is 1. The van der Waals surface area contributed by atoms with Gasteiger partial charge in [-0.2, -0.15) is 5.10 Å². The lowest BCUT2D eigenvalue weighted by atomic mass is 9.99. The number of dihydropyridines is 1. The van der Waals surface area contributed by atoms with Crippen LogP contribution in [0.2, 0.25) is 0 Å². The Balaban J connectivity index is 0.000000924. The van der Waals surface area contributed by atoms with Gasteiger partial charge in [-0.25, -0.2) is 9.18 Å². The van der Waals surface area contributed by atoms with Crippen molar-refractivity contribution in [2.75, 3.05) is 6.54 Å². The topological polar surface area (TPSA) is 78.0 Å². The highest BCUT2D eigenvalue weighted by Gasteiger charge is 2.16. The van der Waals surface area contributed by atoms with Crippen LogP contribution in [-0.2, 0) is 4.79 Å².